The number of para-hydroxylation sites is 1. The zero-order valence-corrected chi connectivity index (χ0v) is 8.29. The van der Waals surface area contributed by atoms with Crippen molar-refractivity contribution in [2.75, 3.05) is 11.9 Å². The molecule has 1 aromatic carbocycles. The van der Waals surface area contributed by atoms with E-state index in [1.165, 1.54) is 0 Å². The summed E-state index contributed by atoms with van der Waals surface area (Å²) in [6.45, 7) is 4.00. The molecule has 4 nitrogen and oxygen atoms in total. The number of hydrogen-bond donors (Lipinski definition) is 3. The first kappa shape index (κ1) is 10.5. The number of hydrogen-bond acceptors (Lipinski definition) is 3. The lowest BCUT2D eigenvalue weighted by atomic mass is 10.1. The molecule has 0 aromatic heterocycles. The SMILES string of the molecule is Cc1cccc(C)c1NCC(=O)NO. The van der Waals surface area contributed by atoms with Crippen LogP contribution in [0.3, 0.4) is 0 Å². The minimum atomic E-state index is -0.451. The molecule has 0 saturated carbocycles. The van der Waals surface area contributed by atoms with Gasteiger partial charge >= 0.3 is 0 Å². The molecule has 4 heteroatoms. The van der Waals surface area contributed by atoms with E-state index in [2.05, 4.69) is 5.32 Å². The van der Waals surface area contributed by atoms with E-state index in [0.29, 0.717) is 0 Å². The molecule has 0 bridgehead atoms. The third kappa shape index (κ3) is 2.47. The van der Waals surface area contributed by atoms with E-state index in [1.807, 2.05) is 32.0 Å². The van der Waals surface area contributed by atoms with E-state index < -0.39 is 5.91 Å². The normalized spacial score (nSPS) is 9.64. The van der Waals surface area contributed by atoms with Gasteiger partial charge in [0.05, 0.1) is 6.54 Å². The summed E-state index contributed by atoms with van der Waals surface area (Å²) in [5.41, 5.74) is 4.67. The molecule has 0 fully saturated rings. The number of rotatable bonds is 3. The lowest BCUT2D eigenvalue weighted by Crippen LogP contribution is -2.27. The van der Waals surface area contributed by atoms with E-state index >= 15 is 0 Å². The van der Waals surface area contributed by atoms with E-state index in [1.54, 1.807) is 5.48 Å². The van der Waals surface area contributed by atoms with Gasteiger partial charge in [-0.25, -0.2) is 5.48 Å². The Morgan fingerprint density at radius 3 is 2.43 bits per heavy atom. The number of amides is 1. The van der Waals surface area contributed by atoms with Crippen LogP contribution < -0.4 is 10.8 Å². The average Bonchev–Trinajstić information content (AvgIpc) is 2.16. The smallest absolute Gasteiger partial charge is 0.262 e. The lowest BCUT2D eigenvalue weighted by Gasteiger charge is -2.11. The minimum absolute atomic E-state index is 0.0716. The second-order valence-corrected chi connectivity index (χ2v) is 3.16. The monoisotopic (exact) mass is 194 g/mol. The number of anilines is 1. The van der Waals surface area contributed by atoms with Gasteiger partial charge in [-0.1, -0.05) is 18.2 Å². The van der Waals surface area contributed by atoms with Gasteiger partial charge in [-0.2, -0.15) is 0 Å². The van der Waals surface area contributed by atoms with Crippen molar-refractivity contribution in [2.45, 2.75) is 13.8 Å². The first-order valence-electron chi connectivity index (χ1n) is 4.38. The van der Waals surface area contributed by atoms with Crippen molar-refractivity contribution in [1.29, 1.82) is 0 Å². The summed E-state index contributed by atoms with van der Waals surface area (Å²) in [6.07, 6.45) is 0. The molecule has 0 aliphatic heterocycles. The predicted octanol–water partition coefficient (Wildman–Crippen LogP) is 1.22. The Balaban J connectivity index is 2.71. The molecule has 14 heavy (non-hydrogen) atoms. The Morgan fingerprint density at radius 2 is 1.93 bits per heavy atom. The molecule has 76 valence electrons. The summed E-state index contributed by atoms with van der Waals surface area (Å²) < 4.78 is 0. The largest absolute Gasteiger partial charge is 0.376 e. The first-order valence-corrected chi connectivity index (χ1v) is 4.38. The van der Waals surface area contributed by atoms with Crippen molar-refractivity contribution in [3.8, 4) is 0 Å². The summed E-state index contributed by atoms with van der Waals surface area (Å²) in [4.78, 5) is 10.8. The predicted molar refractivity (Wildman–Crippen MR) is 54.3 cm³/mol. The molecule has 1 aromatic rings. The average molecular weight is 194 g/mol. The van der Waals surface area contributed by atoms with Gasteiger partial charge in [0.2, 0.25) is 0 Å². The number of hydroxylamine groups is 1. The van der Waals surface area contributed by atoms with E-state index in [9.17, 15) is 4.79 Å². The van der Waals surface area contributed by atoms with Gasteiger partial charge in [0.15, 0.2) is 0 Å². The van der Waals surface area contributed by atoms with Crippen molar-refractivity contribution in [2.24, 2.45) is 0 Å². The van der Waals surface area contributed by atoms with Crippen LogP contribution in [0.25, 0.3) is 0 Å². The Hall–Kier alpha value is -1.55. The maximum Gasteiger partial charge on any atom is 0.262 e. The van der Waals surface area contributed by atoms with Gasteiger partial charge in [-0.05, 0) is 25.0 Å². The van der Waals surface area contributed by atoms with Crippen LogP contribution in [-0.4, -0.2) is 17.7 Å². The van der Waals surface area contributed by atoms with Crippen molar-refractivity contribution in [3.05, 3.63) is 29.3 Å². The second kappa shape index (κ2) is 4.62. The fourth-order valence-corrected chi connectivity index (χ4v) is 1.30. The third-order valence-corrected chi connectivity index (χ3v) is 2.03. The maximum atomic E-state index is 10.8. The molecule has 0 saturated heterocycles. The standard InChI is InChI=1S/C10H14N2O2/c1-7-4-3-5-8(2)10(7)11-6-9(13)12-14/h3-5,11,14H,6H2,1-2H3,(H,12,13). The van der Waals surface area contributed by atoms with Crippen LogP contribution in [-0.2, 0) is 4.79 Å². The highest BCUT2D eigenvalue weighted by Gasteiger charge is 2.03. The molecule has 1 rings (SSSR count). The van der Waals surface area contributed by atoms with Crippen LogP contribution in [0.15, 0.2) is 18.2 Å². The minimum Gasteiger partial charge on any atom is -0.376 e. The van der Waals surface area contributed by atoms with Crippen LogP contribution in [0.4, 0.5) is 5.69 Å². The van der Waals surface area contributed by atoms with Gasteiger partial charge < -0.3 is 5.32 Å². The van der Waals surface area contributed by atoms with Crippen LogP contribution >= 0.6 is 0 Å². The van der Waals surface area contributed by atoms with Crippen LogP contribution in [0.5, 0.6) is 0 Å². The molecule has 1 amide bonds. The highest BCUT2D eigenvalue weighted by atomic mass is 16.5. The number of carbonyl (C=O) groups is 1. The Morgan fingerprint density at radius 1 is 1.36 bits per heavy atom. The number of nitrogens with one attached hydrogen (secondary N) is 2. The molecule has 3 N–H and O–H groups in total. The number of carbonyl (C=O) groups excluding carboxylic acids is 1. The molecule has 0 atom stereocenters. The van der Waals surface area contributed by atoms with Gasteiger partial charge in [0, 0.05) is 5.69 Å². The van der Waals surface area contributed by atoms with Gasteiger partial charge in [-0.15, -0.1) is 0 Å². The molecule has 0 aliphatic rings. The van der Waals surface area contributed by atoms with E-state index in [-0.39, 0.29) is 6.54 Å². The Labute approximate surface area is 82.9 Å². The Bertz CT molecular complexity index is 317. The highest BCUT2D eigenvalue weighted by molar-refractivity contribution is 5.80. The summed E-state index contributed by atoms with van der Waals surface area (Å²) in [7, 11) is 0. The lowest BCUT2D eigenvalue weighted by molar-refractivity contribution is -0.127. The molecule has 0 aliphatic carbocycles. The highest BCUT2D eigenvalue weighted by Crippen LogP contribution is 2.18. The molecule has 0 unspecified atom stereocenters. The van der Waals surface area contributed by atoms with Gasteiger partial charge in [0.1, 0.15) is 0 Å². The topological polar surface area (TPSA) is 61.4 Å². The second-order valence-electron chi connectivity index (χ2n) is 3.16. The third-order valence-electron chi connectivity index (χ3n) is 2.03. The van der Waals surface area contributed by atoms with Gasteiger partial charge in [0.25, 0.3) is 5.91 Å². The van der Waals surface area contributed by atoms with Crippen LogP contribution in [0.1, 0.15) is 11.1 Å². The molecule has 0 radical (unpaired) electrons. The van der Waals surface area contributed by atoms with Crippen molar-refractivity contribution in [1.82, 2.24) is 5.48 Å². The Kier molecular flexibility index (Phi) is 3.48. The van der Waals surface area contributed by atoms with E-state index in [0.717, 1.165) is 16.8 Å². The fourth-order valence-electron chi connectivity index (χ4n) is 1.30. The van der Waals surface area contributed by atoms with Crippen molar-refractivity contribution >= 4 is 11.6 Å². The zero-order valence-electron chi connectivity index (χ0n) is 8.29. The summed E-state index contributed by atoms with van der Waals surface area (Å²) in [6, 6.07) is 5.89. The molecule has 0 heterocycles. The van der Waals surface area contributed by atoms with E-state index in [4.69, 9.17) is 5.21 Å². The van der Waals surface area contributed by atoms with Crippen LogP contribution in [0, 0.1) is 13.8 Å². The van der Waals surface area contributed by atoms with Crippen molar-refractivity contribution < 1.29 is 10.0 Å². The summed E-state index contributed by atoms with van der Waals surface area (Å²) >= 11 is 0. The summed E-state index contributed by atoms with van der Waals surface area (Å²) in [5, 5.41) is 11.3. The first-order chi connectivity index (χ1) is 6.65. The molecule has 0 spiro atoms. The zero-order chi connectivity index (χ0) is 10.6. The molecular weight excluding hydrogens is 180 g/mol. The molecular formula is C10H14N2O2. The van der Waals surface area contributed by atoms with Crippen LogP contribution in [0.2, 0.25) is 0 Å². The van der Waals surface area contributed by atoms with Gasteiger partial charge in [-0.3, -0.25) is 10.0 Å². The fraction of sp³-hybridized carbons (Fsp3) is 0.300. The number of aryl methyl sites for hydroxylation is 2. The summed E-state index contributed by atoms with van der Waals surface area (Å²) in [5.74, 6) is -0.451. The van der Waals surface area contributed by atoms with Crippen molar-refractivity contribution in [3.63, 3.8) is 0 Å². The number of benzene rings is 1. The maximum absolute atomic E-state index is 10.8. The quantitative estimate of drug-likeness (QED) is 0.501.